The number of tetrazole rings is 1. The van der Waals surface area contributed by atoms with Gasteiger partial charge in [0.05, 0.1) is 12.2 Å². The fourth-order valence-electron chi connectivity index (χ4n) is 2.61. The highest BCUT2D eigenvalue weighted by Crippen LogP contribution is 2.30. The molecule has 3 aromatic rings. The zero-order chi connectivity index (χ0) is 14.8. The van der Waals surface area contributed by atoms with Gasteiger partial charge in [0.15, 0.2) is 5.82 Å². The highest BCUT2D eigenvalue weighted by atomic mass is 32.1. The minimum atomic E-state index is 0.669. The number of benzene rings is 1. The van der Waals surface area contributed by atoms with Gasteiger partial charge in [-0.15, -0.1) is 16.4 Å². The Morgan fingerprint density at radius 3 is 2.68 bits per heavy atom. The Kier molecular flexibility index (Phi) is 3.70. The topological polar surface area (TPSA) is 46.8 Å². The summed E-state index contributed by atoms with van der Waals surface area (Å²) in [5.41, 5.74) is 1.01. The van der Waals surface area contributed by atoms with Crippen LogP contribution in [-0.4, -0.2) is 31.1 Å². The molecule has 0 bridgehead atoms. The van der Waals surface area contributed by atoms with Gasteiger partial charge in [0, 0.05) is 17.5 Å². The fraction of sp³-hybridized carbons (Fsp3) is 0.312. The molecule has 6 heteroatoms. The third-order valence-corrected chi connectivity index (χ3v) is 4.74. The number of aromatic nitrogens is 4. The van der Waals surface area contributed by atoms with E-state index in [1.807, 2.05) is 46.4 Å². The van der Waals surface area contributed by atoms with Crippen LogP contribution in [-0.2, 0) is 13.1 Å². The van der Waals surface area contributed by atoms with Crippen LogP contribution in [0.3, 0.4) is 0 Å². The van der Waals surface area contributed by atoms with Gasteiger partial charge in [-0.25, -0.2) is 0 Å². The van der Waals surface area contributed by atoms with Gasteiger partial charge in [-0.1, -0.05) is 24.3 Å². The van der Waals surface area contributed by atoms with Crippen LogP contribution in [0.5, 0.6) is 0 Å². The fourth-order valence-corrected chi connectivity index (χ4v) is 3.34. The first-order chi connectivity index (χ1) is 10.9. The van der Waals surface area contributed by atoms with Gasteiger partial charge >= 0.3 is 0 Å². The van der Waals surface area contributed by atoms with Crippen LogP contribution in [0.1, 0.15) is 23.5 Å². The van der Waals surface area contributed by atoms with Crippen LogP contribution in [0.4, 0.5) is 0 Å². The molecule has 0 unspecified atom stereocenters. The minimum absolute atomic E-state index is 0.669. The first-order valence-electron chi connectivity index (χ1n) is 7.49. The predicted octanol–water partition coefficient (Wildman–Crippen LogP) is 2.89. The summed E-state index contributed by atoms with van der Waals surface area (Å²) in [5, 5.41) is 14.4. The Labute approximate surface area is 133 Å². The third kappa shape index (κ3) is 2.93. The summed E-state index contributed by atoms with van der Waals surface area (Å²) in [6.45, 7) is 1.76. The van der Waals surface area contributed by atoms with Gasteiger partial charge in [-0.2, -0.15) is 4.68 Å². The summed E-state index contributed by atoms with van der Waals surface area (Å²) >= 11 is 1.81. The number of nitrogens with zero attached hydrogens (tertiary/aromatic N) is 5. The largest absolute Gasteiger partial charge is 0.288 e. The Hall–Kier alpha value is -2.05. The summed E-state index contributed by atoms with van der Waals surface area (Å²) < 4.78 is 1.84. The molecule has 1 aromatic carbocycles. The number of thiophene rings is 1. The molecule has 0 spiro atoms. The first kappa shape index (κ1) is 13.6. The molecular weight excluding hydrogens is 294 g/mol. The van der Waals surface area contributed by atoms with Crippen LogP contribution in [0.25, 0.3) is 5.69 Å². The van der Waals surface area contributed by atoms with Crippen LogP contribution in [0.2, 0.25) is 0 Å². The van der Waals surface area contributed by atoms with E-state index in [9.17, 15) is 0 Å². The number of para-hydroxylation sites is 1. The van der Waals surface area contributed by atoms with Crippen molar-refractivity contribution in [1.29, 1.82) is 0 Å². The molecule has 0 saturated heterocycles. The van der Waals surface area contributed by atoms with E-state index in [0.717, 1.165) is 24.6 Å². The lowest BCUT2D eigenvalue weighted by atomic mass is 10.3. The number of hydrogen-bond acceptors (Lipinski definition) is 5. The van der Waals surface area contributed by atoms with Gasteiger partial charge in [0.1, 0.15) is 0 Å². The van der Waals surface area contributed by atoms with Crippen molar-refractivity contribution in [3.63, 3.8) is 0 Å². The van der Waals surface area contributed by atoms with E-state index in [4.69, 9.17) is 0 Å². The van der Waals surface area contributed by atoms with Crippen LogP contribution < -0.4 is 0 Å². The van der Waals surface area contributed by atoms with Gasteiger partial charge in [0.2, 0.25) is 0 Å². The molecule has 0 atom stereocenters. The summed E-state index contributed by atoms with van der Waals surface area (Å²) in [5.74, 6) is 0.898. The van der Waals surface area contributed by atoms with E-state index < -0.39 is 0 Å². The Morgan fingerprint density at radius 1 is 1.09 bits per heavy atom. The van der Waals surface area contributed by atoms with Crippen LogP contribution in [0, 0.1) is 0 Å². The molecule has 22 heavy (non-hydrogen) atoms. The summed E-state index contributed by atoms with van der Waals surface area (Å²) in [6.07, 6.45) is 2.55. The highest BCUT2D eigenvalue weighted by Gasteiger charge is 2.30. The van der Waals surface area contributed by atoms with Crippen molar-refractivity contribution < 1.29 is 0 Å². The van der Waals surface area contributed by atoms with Gasteiger partial charge in [0.25, 0.3) is 0 Å². The zero-order valence-corrected chi connectivity index (χ0v) is 13.0. The van der Waals surface area contributed by atoms with Crippen molar-refractivity contribution in [3.8, 4) is 5.69 Å². The molecule has 2 heterocycles. The van der Waals surface area contributed by atoms with E-state index in [2.05, 4.69) is 37.9 Å². The molecule has 112 valence electrons. The summed E-state index contributed by atoms with van der Waals surface area (Å²) in [4.78, 5) is 3.88. The average Bonchev–Trinajstić information content (AvgIpc) is 3.08. The van der Waals surface area contributed by atoms with Gasteiger partial charge < -0.3 is 0 Å². The van der Waals surface area contributed by atoms with E-state index in [1.165, 1.54) is 17.7 Å². The van der Waals surface area contributed by atoms with Crippen molar-refractivity contribution in [2.45, 2.75) is 32.0 Å². The Morgan fingerprint density at radius 2 is 1.95 bits per heavy atom. The second-order valence-electron chi connectivity index (χ2n) is 5.56. The maximum Gasteiger partial charge on any atom is 0.170 e. The lowest BCUT2D eigenvalue weighted by Gasteiger charge is -2.20. The SMILES string of the molecule is c1ccc(-n2nnnc2CN(Cc2cccs2)C2CC2)cc1. The molecule has 1 aliphatic carbocycles. The number of hydrogen-bond donors (Lipinski definition) is 0. The smallest absolute Gasteiger partial charge is 0.170 e. The van der Waals surface area contributed by atoms with E-state index in [0.29, 0.717) is 6.04 Å². The molecule has 0 amide bonds. The molecule has 0 aliphatic heterocycles. The Bertz CT molecular complexity index is 718. The summed E-state index contributed by atoms with van der Waals surface area (Å²) in [7, 11) is 0. The first-order valence-corrected chi connectivity index (χ1v) is 8.37. The molecule has 5 nitrogen and oxygen atoms in total. The molecular formula is C16H17N5S. The van der Waals surface area contributed by atoms with E-state index in [-0.39, 0.29) is 0 Å². The maximum atomic E-state index is 4.24. The lowest BCUT2D eigenvalue weighted by molar-refractivity contribution is 0.239. The minimum Gasteiger partial charge on any atom is -0.288 e. The molecule has 0 radical (unpaired) electrons. The van der Waals surface area contributed by atoms with Crippen molar-refractivity contribution in [2.24, 2.45) is 0 Å². The van der Waals surface area contributed by atoms with Crippen molar-refractivity contribution in [2.75, 3.05) is 0 Å². The zero-order valence-electron chi connectivity index (χ0n) is 12.2. The average molecular weight is 311 g/mol. The summed E-state index contributed by atoms with van der Waals surface area (Å²) in [6, 6.07) is 15.0. The molecule has 1 fully saturated rings. The molecule has 1 aliphatic rings. The van der Waals surface area contributed by atoms with Crippen molar-refractivity contribution in [3.05, 3.63) is 58.5 Å². The van der Waals surface area contributed by atoms with Crippen LogP contribution in [0.15, 0.2) is 47.8 Å². The van der Waals surface area contributed by atoms with E-state index >= 15 is 0 Å². The predicted molar refractivity (Wildman–Crippen MR) is 85.7 cm³/mol. The van der Waals surface area contributed by atoms with Gasteiger partial charge in [-0.05, 0) is 46.8 Å². The number of rotatable bonds is 6. The monoisotopic (exact) mass is 311 g/mol. The van der Waals surface area contributed by atoms with Gasteiger partial charge in [-0.3, -0.25) is 4.90 Å². The normalized spacial score (nSPS) is 14.6. The molecule has 1 saturated carbocycles. The molecule has 0 N–H and O–H groups in total. The quantitative estimate of drug-likeness (QED) is 0.702. The van der Waals surface area contributed by atoms with Crippen molar-refractivity contribution in [1.82, 2.24) is 25.1 Å². The Balaban J connectivity index is 1.56. The lowest BCUT2D eigenvalue weighted by Crippen LogP contribution is -2.26. The van der Waals surface area contributed by atoms with E-state index in [1.54, 1.807) is 0 Å². The highest BCUT2D eigenvalue weighted by molar-refractivity contribution is 7.09. The second kappa shape index (κ2) is 5.98. The second-order valence-corrected chi connectivity index (χ2v) is 6.59. The molecule has 2 aromatic heterocycles. The van der Waals surface area contributed by atoms with Crippen LogP contribution >= 0.6 is 11.3 Å². The van der Waals surface area contributed by atoms with Crippen molar-refractivity contribution >= 4 is 11.3 Å². The third-order valence-electron chi connectivity index (χ3n) is 3.88. The molecule has 4 rings (SSSR count). The maximum absolute atomic E-state index is 4.24. The standard InChI is InChI=1S/C16H17N5S/c1-2-5-14(6-3-1)21-16(17-18-19-21)12-20(13-8-9-13)11-15-7-4-10-22-15/h1-7,10,13H,8-9,11-12H2.